The number of fused-ring (bicyclic) bond motifs is 2. The first kappa shape index (κ1) is 12.2. The van der Waals surface area contributed by atoms with Gasteiger partial charge in [-0.1, -0.05) is 12.1 Å². The van der Waals surface area contributed by atoms with Crippen LogP contribution in [0.1, 0.15) is 18.9 Å². The lowest BCUT2D eigenvalue weighted by molar-refractivity contribution is -0.384. The van der Waals surface area contributed by atoms with Crippen molar-refractivity contribution in [3.05, 3.63) is 52.1 Å². The van der Waals surface area contributed by atoms with Crippen LogP contribution in [0.3, 0.4) is 0 Å². The normalized spacial score (nSPS) is 18.5. The molecule has 0 aliphatic carbocycles. The first-order chi connectivity index (χ1) is 10.1. The van der Waals surface area contributed by atoms with E-state index in [1.165, 1.54) is 17.7 Å². The van der Waals surface area contributed by atoms with E-state index in [1.807, 2.05) is 12.1 Å². The molecule has 0 bridgehead atoms. The number of nitrogens with zero attached hydrogens (tertiary/aromatic N) is 2. The van der Waals surface area contributed by atoms with Crippen molar-refractivity contribution in [1.29, 1.82) is 0 Å². The monoisotopic (exact) mass is 282 g/mol. The Labute approximate surface area is 121 Å². The Hall–Kier alpha value is -2.56. The molecule has 2 aromatic carbocycles. The third-order valence-electron chi connectivity index (χ3n) is 4.23. The van der Waals surface area contributed by atoms with Gasteiger partial charge in [0.15, 0.2) is 11.5 Å². The Bertz CT molecular complexity index is 757. The number of ether oxygens (including phenoxy) is 1. The van der Waals surface area contributed by atoms with Gasteiger partial charge >= 0.3 is 0 Å². The fraction of sp³-hybridized carbons (Fsp3) is 0.250. The van der Waals surface area contributed by atoms with Crippen LogP contribution in [-0.2, 0) is 6.42 Å². The minimum Gasteiger partial charge on any atom is -0.453 e. The van der Waals surface area contributed by atoms with Gasteiger partial charge in [0, 0.05) is 12.1 Å². The number of benzene rings is 2. The lowest BCUT2D eigenvalue weighted by atomic mass is 9.94. The van der Waals surface area contributed by atoms with Crippen molar-refractivity contribution in [3.8, 4) is 11.5 Å². The van der Waals surface area contributed by atoms with Crippen LogP contribution in [0.5, 0.6) is 11.5 Å². The van der Waals surface area contributed by atoms with Crippen molar-refractivity contribution >= 4 is 17.1 Å². The van der Waals surface area contributed by atoms with E-state index in [2.05, 4.69) is 17.9 Å². The van der Waals surface area contributed by atoms with Crippen LogP contribution in [0, 0.1) is 10.1 Å². The Kier molecular flexibility index (Phi) is 2.45. The summed E-state index contributed by atoms with van der Waals surface area (Å²) in [5.74, 6) is 1.34. The zero-order valence-corrected chi connectivity index (χ0v) is 11.6. The predicted octanol–water partition coefficient (Wildman–Crippen LogP) is 4.17. The summed E-state index contributed by atoms with van der Waals surface area (Å²) in [6.45, 7) is 2.18. The summed E-state index contributed by atoms with van der Waals surface area (Å²) in [5, 5.41) is 10.9. The van der Waals surface area contributed by atoms with Gasteiger partial charge in [0.25, 0.3) is 5.69 Å². The molecule has 2 heterocycles. The van der Waals surface area contributed by atoms with Crippen molar-refractivity contribution in [1.82, 2.24) is 0 Å². The number of non-ortho nitro benzene ring substituents is 1. The zero-order chi connectivity index (χ0) is 14.6. The highest BCUT2D eigenvalue weighted by molar-refractivity contribution is 5.82. The van der Waals surface area contributed by atoms with Crippen LogP contribution in [0.15, 0.2) is 36.4 Å². The average molecular weight is 282 g/mol. The molecule has 0 saturated carbocycles. The molecule has 2 aromatic rings. The standard InChI is InChI=1S/C16H14N2O3/c1-10-5-6-11-3-2-4-14-16(11)17(10)13-8-7-12(18(19)20)9-15(13)21-14/h2-4,7-10H,5-6H2,1H3. The van der Waals surface area contributed by atoms with E-state index in [-0.39, 0.29) is 5.69 Å². The topological polar surface area (TPSA) is 55.6 Å². The lowest BCUT2D eigenvalue weighted by Gasteiger charge is -2.41. The molecule has 5 heteroatoms. The molecule has 0 spiro atoms. The minimum absolute atomic E-state index is 0.0537. The summed E-state index contributed by atoms with van der Waals surface area (Å²) in [5.41, 5.74) is 3.35. The smallest absolute Gasteiger partial charge is 0.273 e. The Morgan fingerprint density at radius 2 is 2.14 bits per heavy atom. The number of hydrogen-bond donors (Lipinski definition) is 0. The van der Waals surface area contributed by atoms with E-state index >= 15 is 0 Å². The number of nitro benzene ring substituents is 1. The molecule has 0 fully saturated rings. The molecule has 106 valence electrons. The maximum Gasteiger partial charge on any atom is 0.273 e. The molecule has 2 aliphatic rings. The SMILES string of the molecule is CC1CCc2cccc3c2N1c1ccc([N+](=O)[O-])cc1O3. The molecule has 0 amide bonds. The summed E-state index contributed by atoms with van der Waals surface area (Å²) in [6, 6.07) is 11.2. The average Bonchev–Trinajstić information content (AvgIpc) is 2.49. The van der Waals surface area contributed by atoms with Crippen molar-refractivity contribution in [2.45, 2.75) is 25.8 Å². The molecule has 21 heavy (non-hydrogen) atoms. The maximum absolute atomic E-state index is 10.9. The molecule has 4 rings (SSSR count). The van der Waals surface area contributed by atoms with Crippen molar-refractivity contribution < 1.29 is 9.66 Å². The second kappa shape index (κ2) is 4.22. The molecule has 0 radical (unpaired) electrons. The maximum atomic E-state index is 10.9. The van der Waals surface area contributed by atoms with Crippen LogP contribution in [-0.4, -0.2) is 11.0 Å². The number of aryl methyl sites for hydroxylation is 1. The number of hydrogen-bond acceptors (Lipinski definition) is 4. The van der Waals surface area contributed by atoms with E-state index in [0.29, 0.717) is 11.8 Å². The molecule has 0 saturated heterocycles. The third-order valence-corrected chi connectivity index (χ3v) is 4.23. The van der Waals surface area contributed by atoms with Gasteiger partial charge in [-0.2, -0.15) is 0 Å². The highest BCUT2D eigenvalue weighted by atomic mass is 16.6. The molecular formula is C16H14N2O3. The highest BCUT2D eigenvalue weighted by Crippen LogP contribution is 2.52. The lowest BCUT2D eigenvalue weighted by Crippen LogP contribution is -2.35. The third kappa shape index (κ3) is 1.70. The summed E-state index contributed by atoms with van der Waals surface area (Å²) in [7, 11) is 0. The summed E-state index contributed by atoms with van der Waals surface area (Å²) < 4.78 is 5.92. The second-order valence-electron chi connectivity index (χ2n) is 5.53. The van der Waals surface area contributed by atoms with E-state index in [9.17, 15) is 10.1 Å². The predicted molar refractivity (Wildman–Crippen MR) is 79.5 cm³/mol. The number of para-hydroxylation sites is 1. The Balaban J connectivity index is 1.93. The summed E-state index contributed by atoms with van der Waals surface area (Å²) in [6.07, 6.45) is 2.10. The van der Waals surface area contributed by atoms with Gasteiger partial charge in [-0.3, -0.25) is 10.1 Å². The molecule has 1 atom stereocenters. The van der Waals surface area contributed by atoms with E-state index in [4.69, 9.17) is 4.74 Å². The van der Waals surface area contributed by atoms with Crippen LogP contribution in [0.2, 0.25) is 0 Å². The van der Waals surface area contributed by atoms with Crippen molar-refractivity contribution in [3.63, 3.8) is 0 Å². The summed E-state index contributed by atoms with van der Waals surface area (Å²) >= 11 is 0. The Morgan fingerprint density at radius 3 is 2.95 bits per heavy atom. The van der Waals surface area contributed by atoms with Crippen LogP contribution >= 0.6 is 0 Å². The number of anilines is 2. The molecule has 2 aliphatic heterocycles. The Morgan fingerprint density at radius 1 is 1.29 bits per heavy atom. The van der Waals surface area contributed by atoms with Gasteiger partial charge < -0.3 is 9.64 Å². The van der Waals surface area contributed by atoms with E-state index in [0.717, 1.165) is 30.0 Å². The molecular weight excluding hydrogens is 268 g/mol. The van der Waals surface area contributed by atoms with Gasteiger partial charge in [0.05, 0.1) is 22.4 Å². The number of rotatable bonds is 1. The van der Waals surface area contributed by atoms with Crippen molar-refractivity contribution in [2.24, 2.45) is 0 Å². The quantitative estimate of drug-likeness (QED) is 0.581. The molecule has 0 N–H and O–H groups in total. The van der Waals surface area contributed by atoms with Crippen molar-refractivity contribution in [2.75, 3.05) is 4.90 Å². The zero-order valence-electron chi connectivity index (χ0n) is 11.6. The largest absolute Gasteiger partial charge is 0.453 e. The number of nitro groups is 1. The molecule has 1 unspecified atom stereocenters. The minimum atomic E-state index is -0.394. The fourth-order valence-electron chi connectivity index (χ4n) is 3.21. The van der Waals surface area contributed by atoms with Gasteiger partial charge in [0.1, 0.15) is 0 Å². The van der Waals surface area contributed by atoms with Gasteiger partial charge in [-0.05, 0) is 37.5 Å². The van der Waals surface area contributed by atoms with Gasteiger partial charge in [-0.25, -0.2) is 0 Å². The molecule has 5 nitrogen and oxygen atoms in total. The van der Waals surface area contributed by atoms with Gasteiger partial charge in [0.2, 0.25) is 0 Å². The van der Waals surface area contributed by atoms with Gasteiger partial charge in [-0.15, -0.1) is 0 Å². The second-order valence-corrected chi connectivity index (χ2v) is 5.53. The van der Waals surface area contributed by atoms with Crippen LogP contribution < -0.4 is 9.64 Å². The van der Waals surface area contributed by atoms with Crippen LogP contribution in [0.25, 0.3) is 0 Å². The first-order valence-electron chi connectivity index (χ1n) is 7.02. The summed E-state index contributed by atoms with van der Waals surface area (Å²) in [4.78, 5) is 12.8. The molecule has 0 aromatic heterocycles. The van der Waals surface area contributed by atoms with E-state index in [1.54, 1.807) is 6.07 Å². The highest BCUT2D eigenvalue weighted by Gasteiger charge is 2.33. The first-order valence-corrected chi connectivity index (χ1v) is 7.02. The fourth-order valence-corrected chi connectivity index (χ4v) is 3.21. The van der Waals surface area contributed by atoms with E-state index < -0.39 is 4.92 Å². The van der Waals surface area contributed by atoms with Crippen LogP contribution in [0.4, 0.5) is 17.1 Å².